The van der Waals surface area contributed by atoms with Crippen LogP contribution in [-0.2, 0) is 14.3 Å². The average molecular weight is 212 g/mol. The Hall–Kier alpha value is -1.12. The van der Waals surface area contributed by atoms with Gasteiger partial charge in [-0.05, 0) is 25.3 Å². The molecule has 1 atom stereocenters. The van der Waals surface area contributed by atoms with Crippen LogP contribution in [0.4, 0.5) is 0 Å². The lowest BCUT2D eigenvalue weighted by molar-refractivity contribution is -0.137. The topological polar surface area (TPSA) is 43.4 Å². The van der Waals surface area contributed by atoms with Gasteiger partial charge in [0, 0.05) is 12.5 Å². The fourth-order valence-electron chi connectivity index (χ4n) is 1.03. The minimum absolute atomic E-state index is 0.0108. The van der Waals surface area contributed by atoms with Gasteiger partial charge >= 0.3 is 5.97 Å². The predicted molar refractivity (Wildman–Crippen MR) is 59.5 cm³/mol. The van der Waals surface area contributed by atoms with Gasteiger partial charge in [0.05, 0.1) is 6.61 Å². The van der Waals surface area contributed by atoms with Crippen LogP contribution in [0.1, 0.15) is 40.0 Å². The van der Waals surface area contributed by atoms with Crippen molar-refractivity contribution in [3.05, 3.63) is 12.2 Å². The second-order valence-corrected chi connectivity index (χ2v) is 3.60. The SMILES string of the molecule is CCOC(=O)/C=C/C(=O)CCC(C)CC. The van der Waals surface area contributed by atoms with Crippen LogP contribution in [0.5, 0.6) is 0 Å². The molecule has 0 spiro atoms. The summed E-state index contributed by atoms with van der Waals surface area (Å²) in [5, 5.41) is 0. The molecule has 0 aromatic heterocycles. The molecule has 0 fully saturated rings. The summed E-state index contributed by atoms with van der Waals surface area (Å²) in [6.07, 6.45) is 4.96. The normalized spacial score (nSPS) is 12.7. The zero-order valence-electron chi connectivity index (χ0n) is 9.79. The van der Waals surface area contributed by atoms with E-state index in [0.717, 1.165) is 12.8 Å². The highest BCUT2D eigenvalue weighted by Gasteiger charge is 2.03. The Morgan fingerprint density at radius 3 is 2.47 bits per heavy atom. The largest absolute Gasteiger partial charge is 0.463 e. The van der Waals surface area contributed by atoms with E-state index in [9.17, 15) is 9.59 Å². The van der Waals surface area contributed by atoms with Crippen LogP contribution in [0.25, 0.3) is 0 Å². The number of carbonyl (C=O) groups excluding carboxylic acids is 2. The molecule has 0 amide bonds. The molecule has 0 aliphatic rings. The van der Waals surface area contributed by atoms with Gasteiger partial charge in [0.25, 0.3) is 0 Å². The Morgan fingerprint density at radius 1 is 1.27 bits per heavy atom. The van der Waals surface area contributed by atoms with Crippen molar-refractivity contribution in [2.24, 2.45) is 5.92 Å². The molecular weight excluding hydrogens is 192 g/mol. The molecule has 0 saturated heterocycles. The second-order valence-electron chi connectivity index (χ2n) is 3.60. The second kappa shape index (κ2) is 8.21. The highest BCUT2D eigenvalue weighted by Crippen LogP contribution is 2.09. The fraction of sp³-hybridized carbons (Fsp3) is 0.667. The van der Waals surface area contributed by atoms with Gasteiger partial charge in [-0.2, -0.15) is 0 Å². The number of hydrogen-bond donors (Lipinski definition) is 0. The third-order valence-corrected chi connectivity index (χ3v) is 2.27. The van der Waals surface area contributed by atoms with Crippen molar-refractivity contribution >= 4 is 11.8 Å². The molecule has 0 heterocycles. The first-order valence-corrected chi connectivity index (χ1v) is 5.47. The van der Waals surface area contributed by atoms with Crippen molar-refractivity contribution in [3.8, 4) is 0 Å². The van der Waals surface area contributed by atoms with E-state index < -0.39 is 5.97 Å². The van der Waals surface area contributed by atoms with Crippen molar-refractivity contribution in [1.82, 2.24) is 0 Å². The number of ketones is 1. The molecule has 0 aliphatic heterocycles. The Labute approximate surface area is 91.5 Å². The van der Waals surface area contributed by atoms with Crippen molar-refractivity contribution in [2.45, 2.75) is 40.0 Å². The summed E-state index contributed by atoms with van der Waals surface area (Å²) in [5.74, 6) is 0.0997. The van der Waals surface area contributed by atoms with E-state index in [1.807, 2.05) is 0 Å². The molecular formula is C12H20O3. The molecule has 86 valence electrons. The summed E-state index contributed by atoms with van der Waals surface area (Å²) in [5.41, 5.74) is 0. The third-order valence-electron chi connectivity index (χ3n) is 2.27. The van der Waals surface area contributed by atoms with E-state index in [1.54, 1.807) is 6.92 Å². The van der Waals surface area contributed by atoms with Crippen LogP contribution in [0.2, 0.25) is 0 Å². The zero-order valence-corrected chi connectivity index (χ0v) is 9.79. The van der Waals surface area contributed by atoms with Gasteiger partial charge in [-0.1, -0.05) is 20.3 Å². The van der Waals surface area contributed by atoms with E-state index in [0.29, 0.717) is 18.9 Å². The lowest BCUT2D eigenvalue weighted by Crippen LogP contribution is -2.02. The molecule has 15 heavy (non-hydrogen) atoms. The quantitative estimate of drug-likeness (QED) is 0.481. The smallest absolute Gasteiger partial charge is 0.330 e. The van der Waals surface area contributed by atoms with Crippen LogP contribution in [-0.4, -0.2) is 18.4 Å². The van der Waals surface area contributed by atoms with E-state index in [-0.39, 0.29) is 5.78 Å². The Morgan fingerprint density at radius 2 is 1.93 bits per heavy atom. The molecule has 0 aromatic carbocycles. The van der Waals surface area contributed by atoms with Crippen LogP contribution >= 0.6 is 0 Å². The lowest BCUT2D eigenvalue weighted by atomic mass is 10.0. The van der Waals surface area contributed by atoms with E-state index in [1.165, 1.54) is 12.2 Å². The van der Waals surface area contributed by atoms with Gasteiger partial charge in [-0.25, -0.2) is 4.79 Å². The molecule has 0 aromatic rings. The van der Waals surface area contributed by atoms with Gasteiger partial charge in [0.2, 0.25) is 0 Å². The number of esters is 1. The first-order chi connectivity index (χ1) is 7.10. The zero-order chi connectivity index (χ0) is 11.7. The van der Waals surface area contributed by atoms with E-state index >= 15 is 0 Å². The van der Waals surface area contributed by atoms with E-state index in [4.69, 9.17) is 0 Å². The van der Waals surface area contributed by atoms with Crippen molar-refractivity contribution in [1.29, 1.82) is 0 Å². The molecule has 1 unspecified atom stereocenters. The standard InChI is InChI=1S/C12H20O3/c1-4-10(3)6-7-11(13)8-9-12(14)15-5-2/h8-10H,4-7H2,1-3H3/b9-8+. The summed E-state index contributed by atoms with van der Waals surface area (Å²) in [6, 6.07) is 0. The van der Waals surface area contributed by atoms with Crippen LogP contribution in [0.3, 0.4) is 0 Å². The first-order valence-electron chi connectivity index (χ1n) is 5.47. The van der Waals surface area contributed by atoms with Crippen LogP contribution in [0.15, 0.2) is 12.2 Å². The first kappa shape index (κ1) is 13.9. The molecule has 0 rings (SSSR count). The molecule has 0 saturated carbocycles. The maximum absolute atomic E-state index is 11.3. The average Bonchev–Trinajstić information content (AvgIpc) is 2.23. The summed E-state index contributed by atoms with van der Waals surface area (Å²) in [6.45, 7) is 6.28. The van der Waals surface area contributed by atoms with Gasteiger partial charge in [0.15, 0.2) is 5.78 Å². The fourth-order valence-corrected chi connectivity index (χ4v) is 1.03. The Balaban J connectivity index is 3.78. The van der Waals surface area contributed by atoms with Crippen LogP contribution < -0.4 is 0 Å². The number of rotatable bonds is 7. The lowest BCUT2D eigenvalue weighted by Gasteiger charge is -2.04. The van der Waals surface area contributed by atoms with Gasteiger partial charge in [-0.3, -0.25) is 4.79 Å². The van der Waals surface area contributed by atoms with Crippen molar-refractivity contribution in [2.75, 3.05) is 6.61 Å². The number of ether oxygens (including phenoxy) is 1. The Kier molecular flexibility index (Phi) is 7.60. The van der Waals surface area contributed by atoms with Crippen LogP contribution in [0, 0.1) is 5.92 Å². The predicted octanol–water partition coefficient (Wildman–Crippen LogP) is 2.50. The molecule has 3 heteroatoms. The number of allylic oxidation sites excluding steroid dienone is 1. The summed E-state index contributed by atoms with van der Waals surface area (Å²) in [4.78, 5) is 22.2. The van der Waals surface area contributed by atoms with Crippen molar-refractivity contribution in [3.63, 3.8) is 0 Å². The molecule has 0 radical (unpaired) electrons. The minimum Gasteiger partial charge on any atom is -0.463 e. The third kappa shape index (κ3) is 7.91. The van der Waals surface area contributed by atoms with Crippen molar-refractivity contribution < 1.29 is 14.3 Å². The molecule has 3 nitrogen and oxygen atoms in total. The maximum atomic E-state index is 11.3. The number of carbonyl (C=O) groups is 2. The molecule has 0 N–H and O–H groups in total. The summed E-state index contributed by atoms with van der Waals surface area (Å²) in [7, 11) is 0. The maximum Gasteiger partial charge on any atom is 0.330 e. The number of hydrogen-bond acceptors (Lipinski definition) is 3. The van der Waals surface area contributed by atoms with E-state index in [2.05, 4.69) is 18.6 Å². The Bertz CT molecular complexity index is 231. The summed E-state index contributed by atoms with van der Waals surface area (Å²) >= 11 is 0. The summed E-state index contributed by atoms with van der Waals surface area (Å²) < 4.78 is 4.66. The highest BCUT2D eigenvalue weighted by atomic mass is 16.5. The molecule has 0 aliphatic carbocycles. The molecule has 0 bridgehead atoms. The monoisotopic (exact) mass is 212 g/mol. The minimum atomic E-state index is -0.450. The highest BCUT2D eigenvalue weighted by molar-refractivity contribution is 5.95. The van der Waals surface area contributed by atoms with Gasteiger partial charge in [-0.15, -0.1) is 0 Å². The van der Waals surface area contributed by atoms with Gasteiger partial charge in [0.1, 0.15) is 0 Å². The van der Waals surface area contributed by atoms with Gasteiger partial charge < -0.3 is 4.74 Å².